The Morgan fingerprint density at radius 2 is 0.727 bits per heavy atom. The molecule has 2 heterocycles. The van der Waals surface area contributed by atoms with Crippen molar-refractivity contribution in [1.29, 1.82) is 0 Å². The van der Waals surface area contributed by atoms with Gasteiger partial charge in [0.1, 0.15) is 58.5 Å². The zero-order valence-electron chi connectivity index (χ0n) is 43.5. The maximum Gasteiger partial charge on any atom is 0.339 e. The Hall–Kier alpha value is -8.54. The van der Waals surface area contributed by atoms with Gasteiger partial charge in [-0.2, -0.15) is 0 Å². The highest BCUT2D eigenvalue weighted by Crippen LogP contribution is 2.50. The van der Waals surface area contributed by atoms with Gasteiger partial charge in [0.05, 0.1) is 17.2 Å². The lowest BCUT2D eigenvalue weighted by atomic mass is 9.81. The molecule has 0 N–H and O–H groups in total. The number of fused-ring (bicyclic) bond motifs is 3. The molecule has 0 unspecified atom stereocenters. The summed E-state index contributed by atoms with van der Waals surface area (Å²) in [6.07, 6.45) is -2.02. The summed E-state index contributed by atoms with van der Waals surface area (Å²) in [5.41, 5.74) is 6.19. The van der Waals surface area contributed by atoms with Gasteiger partial charge in [0.15, 0.2) is 23.0 Å². The normalized spacial score (nSPS) is 18.1. The molecule has 0 saturated carbocycles. The summed E-state index contributed by atoms with van der Waals surface area (Å²) in [6, 6.07) is 61.8. The molecule has 5 atom stereocenters. The van der Waals surface area contributed by atoms with Crippen LogP contribution < -0.4 is 28.4 Å². The zero-order valence-corrected chi connectivity index (χ0v) is 43.5. The van der Waals surface area contributed by atoms with Crippen molar-refractivity contribution in [3.05, 3.63) is 250 Å². The van der Waals surface area contributed by atoms with Gasteiger partial charge in [-0.3, -0.25) is 0 Å². The van der Waals surface area contributed by atoms with Gasteiger partial charge in [-0.1, -0.05) is 196 Å². The Labute approximate surface area is 450 Å². The lowest BCUT2D eigenvalue weighted by molar-refractivity contribution is -0.176. The van der Waals surface area contributed by atoms with E-state index in [9.17, 15) is 0 Å². The minimum absolute atomic E-state index is 0.0147. The summed E-state index contributed by atoms with van der Waals surface area (Å²) in [5.74, 6) is -0.149. The molecule has 11 nitrogen and oxygen atoms in total. The monoisotopic (exact) mass is 1030 g/mol. The first-order valence-corrected chi connectivity index (χ1v) is 26.2. The van der Waals surface area contributed by atoms with Crippen LogP contribution in [0.2, 0.25) is 0 Å². The highest BCUT2D eigenvalue weighted by molar-refractivity contribution is 5.96. The maximum absolute atomic E-state index is 15.6. The molecule has 77 heavy (non-hydrogen) atoms. The lowest BCUT2D eigenvalue weighted by Crippen LogP contribution is -2.52. The summed E-state index contributed by atoms with van der Waals surface area (Å²) < 4.78 is 60.9. The Morgan fingerprint density at radius 3 is 1.09 bits per heavy atom. The number of esters is 2. The number of rotatable bonds is 18. The van der Waals surface area contributed by atoms with Gasteiger partial charge in [-0.05, 0) is 58.4 Å². The summed E-state index contributed by atoms with van der Waals surface area (Å²) >= 11 is 0. The first kappa shape index (κ1) is 51.9. The van der Waals surface area contributed by atoms with E-state index in [1.165, 1.54) is 0 Å². The highest BCUT2D eigenvalue weighted by atomic mass is 16.6. The molecule has 0 aromatic heterocycles. The van der Waals surface area contributed by atoms with Crippen molar-refractivity contribution >= 4 is 11.9 Å². The van der Waals surface area contributed by atoms with Crippen LogP contribution in [-0.4, -0.2) is 36.9 Å². The fourth-order valence-corrected chi connectivity index (χ4v) is 9.67. The van der Waals surface area contributed by atoms with E-state index in [1.807, 2.05) is 196 Å². The number of hydrogen-bond donors (Lipinski definition) is 0. The van der Waals surface area contributed by atoms with Crippen LogP contribution in [0.4, 0.5) is 0 Å². The largest absolute Gasteiger partial charge is 0.485 e. The molecule has 11 heteroatoms. The van der Waals surface area contributed by atoms with Crippen LogP contribution in [0.3, 0.4) is 0 Å². The second-order valence-corrected chi connectivity index (χ2v) is 19.5. The molecular weight excluding hydrogens is 969 g/mol. The molecule has 0 aliphatic carbocycles. The fraction of sp³-hybridized carbons (Fsp3) is 0.242. The van der Waals surface area contributed by atoms with E-state index in [0.717, 1.165) is 33.4 Å². The van der Waals surface area contributed by atoms with E-state index in [2.05, 4.69) is 6.92 Å². The molecule has 1 fully saturated rings. The average Bonchev–Trinajstić information content (AvgIpc) is 3.52. The van der Waals surface area contributed by atoms with E-state index >= 15 is 9.59 Å². The zero-order chi connectivity index (χ0) is 52.9. The standard InChI is InChI=1S/C66H62O11/c1-44-45(2)60-59(76-46(44)3)43-75-65(67)55-35-57(69-37-47-22-10-4-11-23-47)63(73-41-51-30-18-8-19-31-51)61(71-39-49-26-14-6-15-27-49)53(55)34-54-56(66(68)77-60)36-58(70-38-48-24-12-5-13-25-48)64(74-42-52-32-20-9-21-33-52)62(54)72-40-50-28-16-7-17-29-50/h4-33,35-36,44-46,59-60H,34,37-43H2,1-3H3/t44-,45+,46+,59+,60+/m1/s1. The molecule has 8 aromatic carbocycles. The Bertz CT molecular complexity index is 3210. The van der Waals surface area contributed by atoms with E-state index in [1.54, 1.807) is 12.1 Å². The Kier molecular flexibility index (Phi) is 16.8. The molecule has 8 aromatic rings. The number of benzene rings is 8. The third-order valence-corrected chi connectivity index (χ3v) is 14.2. The Balaban J connectivity index is 1.23. The van der Waals surface area contributed by atoms with Crippen LogP contribution >= 0.6 is 0 Å². The van der Waals surface area contributed by atoms with Crippen LogP contribution in [0.25, 0.3) is 0 Å². The molecule has 0 spiro atoms. The van der Waals surface area contributed by atoms with Crippen molar-refractivity contribution in [2.24, 2.45) is 11.8 Å². The smallest absolute Gasteiger partial charge is 0.339 e. The van der Waals surface area contributed by atoms with Gasteiger partial charge >= 0.3 is 11.9 Å². The summed E-state index contributed by atoms with van der Waals surface area (Å²) in [4.78, 5) is 30.9. The van der Waals surface area contributed by atoms with Gasteiger partial charge in [-0.15, -0.1) is 0 Å². The molecule has 2 aliphatic rings. The minimum atomic E-state index is -0.817. The molecule has 1 saturated heterocycles. The topological polar surface area (TPSA) is 117 Å². The first-order valence-electron chi connectivity index (χ1n) is 26.2. The third-order valence-electron chi connectivity index (χ3n) is 14.2. The molecular formula is C66H62O11. The number of hydrogen-bond acceptors (Lipinski definition) is 11. The van der Waals surface area contributed by atoms with Crippen molar-refractivity contribution in [3.8, 4) is 34.5 Å². The summed E-state index contributed by atoms with van der Waals surface area (Å²) in [7, 11) is 0. The number of carbonyl (C=O) groups excluding carboxylic acids is 2. The predicted molar refractivity (Wildman–Crippen MR) is 292 cm³/mol. The van der Waals surface area contributed by atoms with Gasteiger partial charge in [0.25, 0.3) is 0 Å². The van der Waals surface area contributed by atoms with Crippen molar-refractivity contribution < 1.29 is 52.2 Å². The average molecular weight is 1030 g/mol. The van der Waals surface area contributed by atoms with E-state index < -0.39 is 24.1 Å². The van der Waals surface area contributed by atoms with Gasteiger partial charge in [-0.25, -0.2) is 9.59 Å². The lowest BCUT2D eigenvalue weighted by Gasteiger charge is -2.43. The van der Waals surface area contributed by atoms with Gasteiger partial charge in [0, 0.05) is 23.5 Å². The second kappa shape index (κ2) is 24.9. The van der Waals surface area contributed by atoms with E-state index in [0.29, 0.717) is 11.1 Å². The van der Waals surface area contributed by atoms with Crippen LogP contribution in [0, 0.1) is 11.8 Å². The van der Waals surface area contributed by atoms with Crippen molar-refractivity contribution in [1.82, 2.24) is 0 Å². The SMILES string of the molecule is C[C@@H]1[C@H](C)[C@@H]2OC(=O)c3cc(OCc4ccccc4)c(OCc4ccccc4)c(OCc4ccccc4)c3Cc3c(cc(OCc4ccccc4)c(OCc4ccccc4)c3OCc3ccccc3)C(=O)OC[C@@H]2O[C@H]1C. The number of carbonyl (C=O) groups is 2. The fourth-order valence-electron chi connectivity index (χ4n) is 9.67. The predicted octanol–water partition coefficient (Wildman–Crippen LogP) is 13.5. The number of ether oxygens (including phenoxy) is 9. The molecule has 0 amide bonds. The van der Waals surface area contributed by atoms with E-state index in [4.69, 9.17) is 42.6 Å². The Morgan fingerprint density at radius 1 is 0.403 bits per heavy atom. The summed E-state index contributed by atoms with van der Waals surface area (Å²) in [6.45, 7) is 6.54. The minimum Gasteiger partial charge on any atom is -0.485 e. The van der Waals surface area contributed by atoms with Crippen LogP contribution in [0.5, 0.6) is 34.5 Å². The highest BCUT2D eigenvalue weighted by Gasteiger charge is 2.44. The van der Waals surface area contributed by atoms with Gasteiger partial charge < -0.3 is 42.6 Å². The first-order chi connectivity index (χ1) is 37.8. The summed E-state index contributed by atoms with van der Waals surface area (Å²) in [5, 5.41) is 0. The van der Waals surface area contributed by atoms with Crippen LogP contribution in [0.15, 0.2) is 194 Å². The third kappa shape index (κ3) is 12.8. The van der Waals surface area contributed by atoms with Crippen LogP contribution in [0.1, 0.15) is 86.0 Å². The molecule has 0 radical (unpaired) electrons. The van der Waals surface area contributed by atoms with Crippen LogP contribution in [-0.2, 0) is 60.3 Å². The quantitative estimate of drug-likeness (QED) is 0.0765. The van der Waals surface area contributed by atoms with Crippen molar-refractivity contribution in [2.75, 3.05) is 6.61 Å². The van der Waals surface area contributed by atoms with Gasteiger partial charge in [0.2, 0.25) is 11.5 Å². The van der Waals surface area contributed by atoms with Crippen molar-refractivity contribution in [3.63, 3.8) is 0 Å². The second-order valence-electron chi connectivity index (χ2n) is 19.5. The molecule has 10 rings (SSSR count). The molecule has 2 aliphatic heterocycles. The van der Waals surface area contributed by atoms with Crippen molar-refractivity contribution in [2.45, 2.75) is 85.1 Å². The maximum atomic E-state index is 15.6. The molecule has 392 valence electrons. The molecule has 0 bridgehead atoms. The van der Waals surface area contributed by atoms with E-state index in [-0.39, 0.29) is 116 Å². The number of cyclic esters (lactones) is 1.